The smallest absolute Gasteiger partial charge is 0.433 e. The molecule has 0 bridgehead atoms. The maximum atomic E-state index is 13.6. The second-order valence-electron chi connectivity index (χ2n) is 7.14. The SMILES string of the molecule is C[C@H]1CCC[C@H](C)N1C(=O)c1cc2nc(-c3ccco3)cc(C(F)(F)F)n2n1. The number of fused-ring (bicyclic) bond motifs is 1. The molecule has 1 amide bonds. The Hall–Kier alpha value is -2.84. The van der Waals surface area contributed by atoms with Gasteiger partial charge in [0.05, 0.1) is 6.26 Å². The molecule has 3 aromatic heterocycles. The van der Waals surface area contributed by atoms with E-state index < -0.39 is 11.9 Å². The average molecular weight is 392 g/mol. The van der Waals surface area contributed by atoms with Crippen molar-refractivity contribution < 1.29 is 22.4 Å². The molecule has 2 atom stereocenters. The number of piperidine rings is 1. The maximum Gasteiger partial charge on any atom is 0.433 e. The summed E-state index contributed by atoms with van der Waals surface area (Å²) >= 11 is 0. The monoisotopic (exact) mass is 392 g/mol. The number of aromatic nitrogens is 3. The highest BCUT2D eigenvalue weighted by Gasteiger charge is 2.37. The lowest BCUT2D eigenvalue weighted by Crippen LogP contribution is -2.47. The zero-order valence-corrected chi connectivity index (χ0v) is 15.4. The Morgan fingerprint density at radius 3 is 2.54 bits per heavy atom. The molecule has 0 unspecified atom stereocenters. The Morgan fingerprint density at radius 2 is 1.93 bits per heavy atom. The first kappa shape index (κ1) is 18.5. The quantitative estimate of drug-likeness (QED) is 0.648. The molecule has 1 aliphatic heterocycles. The van der Waals surface area contributed by atoms with E-state index in [9.17, 15) is 18.0 Å². The fraction of sp³-hybridized carbons (Fsp3) is 0.421. The topological polar surface area (TPSA) is 63.6 Å². The van der Waals surface area contributed by atoms with Gasteiger partial charge in [0.15, 0.2) is 22.8 Å². The number of likely N-dealkylation sites (tertiary alicyclic amines) is 1. The lowest BCUT2D eigenvalue weighted by Gasteiger charge is -2.38. The summed E-state index contributed by atoms with van der Waals surface area (Å²) < 4.78 is 46.7. The molecule has 4 rings (SSSR count). The van der Waals surface area contributed by atoms with E-state index in [0.717, 1.165) is 25.3 Å². The summed E-state index contributed by atoms with van der Waals surface area (Å²) in [6.45, 7) is 3.88. The van der Waals surface area contributed by atoms with Crippen LogP contribution in [0.5, 0.6) is 0 Å². The fourth-order valence-electron chi connectivity index (χ4n) is 3.79. The minimum Gasteiger partial charge on any atom is -0.463 e. The molecule has 6 nitrogen and oxygen atoms in total. The van der Waals surface area contributed by atoms with Gasteiger partial charge in [-0.2, -0.15) is 18.3 Å². The third-order valence-corrected chi connectivity index (χ3v) is 5.14. The van der Waals surface area contributed by atoms with Crippen molar-refractivity contribution in [3.05, 3.63) is 41.9 Å². The molecule has 0 aromatic carbocycles. The number of halogens is 3. The van der Waals surface area contributed by atoms with Crippen molar-refractivity contribution in [3.63, 3.8) is 0 Å². The number of rotatable bonds is 2. The van der Waals surface area contributed by atoms with E-state index in [2.05, 4.69) is 10.1 Å². The molecule has 0 N–H and O–H groups in total. The maximum absolute atomic E-state index is 13.6. The molecule has 3 aromatic rings. The van der Waals surface area contributed by atoms with Crippen LogP contribution in [0.4, 0.5) is 13.2 Å². The summed E-state index contributed by atoms with van der Waals surface area (Å²) in [4.78, 5) is 18.9. The second kappa shape index (κ2) is 6.65. The van der Waals surface area contributed by atoms with Crippen LogP contribution in [0.1, 0.15) is 49.3 Å². The largest absolute Gasteiger partial charge is 0.463 e. The molecule has 9 heteroatoms. The molecule has 28 heavy (non-hydrogen) atoms. The first-order valence-corrected chi connectivity index (χ1v) is 9.10. The van der Waals surface area contributed by atoms with Gasteiger partial charge >= 0.3 is 6.18 Å². The predicted octanol–water partition coefficient (Wildman–Crippen LogP) is 4.41. The van der Waals surface area contributed by atoms with Gasteiger partial charge in [-0.1, -0.05) is 0 Å². The van der Waals surface area contributed by atoms with E-state index in [1.54, 1.807) is 11.0 Å². The summed E-state index contributed by atoms with van der Waals surface area (Å²) in [6, 6.07) is 5.29. The van der Waals surface area contributed by atoms with E-state index in [-0.39, 0.29) is 40.8 Å². The molecule has 0 radical (unpaired) electrons. The molecular weight excluding hydrogens is 373 g/mol. The van der Waals surface area contributed by atoms with Crippen LogP contribution < -0.4 is 0 Å². The van der Waals surface area contributed by atoms with Crippen LogP contribution in [-0.4, -0.2) is 37.5 Å². The van der Waals surface area contributed by atoms with Crippen molar-refractivity contribution in [2.75, 3.05) is 0 Å². The first-order valence-electron chi connectivity index (χ1n) is 9.10. The molecule has 1 fully saturated rings. The summed E-state index contributed by atoms with van der Waals surface area (Å²) in [6.07, 6.45) is -0.570. The highest BCUT2D eigenvalue weighted by atomic mass is 19.4. The number of carbonyl (C=O) groups excluding carboxylic acids is 1. The fourth-order valence-corrected chi connectivity index (χ4v) is 3.79. The summed E-state index contributed by atoms with van der Waals surface area (Å²) in [5.41, 5.74) is -1.08. The van der Waals surface area contributed by atoms with Gasteiger partial charge in [0.1, 0.15) is 5.69 Å². The van der Waals surface area contributed by atoms with Gasteiger partial charge in [0.2, 0.25) is 0 Å². The van der Waals surface area contributed by atoms with Crippen LogP contribution in [-0.2, 0) is 6.18 Å². The van der Waals surface area contributed by atoms with Crippen molar-refractivity contribution in [1.82, 2.24) is 19.5 Å². The number of hydrogen-bond acceptors (Lipinski definition) is 4. The van der Waals surface area contributed by atoms with Gasteiger partial charge < -0.3 is 9.32 Å². The van der Waals surface area contributed by atoms with Crippen LogP contribution >= 0.6 is 0 Å². The normalized spacial score (nSPS) is 20.7. The molecule has 148 valence electrons. The zero-order valence-electron chi connectivity index (χ0n) is 15.4. The van der Waals surface area contributed by atoms with Gasteiger partial charge in [-0.3, -0.25) is 4.79 Å². The number of carbonyl (C=O) groups is 1. The third kappa shape index (κ3) is 3.14. The van der Waals surface area contributed by atoms with Crippen LogP contribution in [0.15, 0.2) is 34.9 Å². The van der Waals surface area contributed by atoms with Crippen LogP contribution in [0.25, 0.3) is 17.1 Å². The Labute approximate surface area is 159 Å². The Kier molecular flexibility index (Phi) is 4.40. The summed E-state index contributed by atoms with van der Waals surface area (Å²) in [7, 11) is 0. The number of nitrogens with zero attached hydrogens (tertiary/aromatic N) is 4. The van der Waals surface area contributed by atoms with E-state index >= 15 is 0 Å². The van der Waals surface area contributed by atoms with E-state index in [0.29, 0.717) is 4.52 Å². The Bertz CT molecular complexity index is 1000. The van der Waals surface area contributed by atoms with E-state index in [4.69, 9.17) is 4.42 Å². The number of alkyl halides is 3. The van der Waals surface area contributed by atoms with Crippen LogP contribution in [0.2, 0.25) is 0 Å². The van der Waals surface area contributed by atoms with Gasteiger partial charge in [-0.05, 0) is 51.3 Å². The van der Waals surface area contributed by atoms with Crippen molar-refractivity contribution >= 4 is 11.6 Å². The minimum atomic E-state index is -4.67. The zero-order chi connectivity index (χ0) is 20.1. The van der Waals surface area contributed by atoms with Gasteiger partial charge in [0, 0.05) is 18.2 Å². The molecule has 0 aliphatic carbocycles. The first-order chi connectivity index (χ1) is 13.3. The van der Waals surface area contributed by atoms with E-state index in [1.807, 2.05) is 13.8 Å². The van der Waals surface area contributed by atoms with Crippen molar-refractivity contribution in [3.8, 4) is 11.5 Å². The highest BCUT2D eigenvalue weighted by Crippen LogP contribution is 2.33. The van der Waals surface area contributed by atoms with Gasteiger partial charge in [0.25, 0.3) is 5.91 Å². The molecule has 1 saturated heterocycles. The predicted molar refractivity (Wildman–Crippen MR) is 94.6 cm³/mol. The lowest BCUT2D eigenvalue weighted by atomic mass is 9.97. The number of furan rings is 1. The van der Waals surface area contributed by atoms with Gasteiger partial charge in [-0.15, -0.1) is 0 Å². The van der Waals surface area contributed by atoms with Gasteiger partial charge in [-0.25, -0.2) is 9.50 Å². The average Bonchev–Trinajstić information content (AvgIpc) is 3.29. The molecule has 4 heterocycles. The molecule has 0 spiro atoms. The Morgan fingerprint density at radius 1 is 1.21 bits per heavy atom. The molecule has 1 aliphatic rings. The number of amides is 1. The van der Waals surface area contributed by atoms with Crippen molar-refractivity contribution in [1.29, 1.82) is 0 Å². The molecule has 0 saturated carbocycles. The third-order valence-electron chi connectivity index (χ3n) is 5.14. The number of hydrogen-bond donors (Lipinski definition) is 0. The minimum absolute atomic E-state index is 0.00906. The van der Waals surface area contributed by atoms with Crippen LogP contribution in [0, 0.1) is 0 Å². The van der Waals surface area contributed by atoms with E-state index in [1.165, 1.54) is 18.4 Å². The summed E-state index contributed by atoms with van der Waals surface area (Å²) in [5, 5.41) is 3.96. The summed E-state index contributed by atoms with van der Waals surface area (Å²) in [5.74, 6) is -0.168. The molecular formula is C19H19F3N4O2. The highest BCUT2D eigenvalue weighted by molar-refractivity contribution is 5.94. The lowest BCUT2D eigenvalue weighted by molar-refractivity contribution is -0.142. The van der Waals surface area contributed by atoms with Crippen molar-refractivity contribution in [2.24, 2.45) is 0 Å². The van der Waals surface area contributed by atoms with Crippen molar-refractivity contribution in [2.45, 2.75) is 51.4 Å². The Balaban J connectivity index is 1.83. The van der Waals surface area contributed by atoms with Crippen LogP contribution in [0.3, 0.4) is 0 Å². The standard InChI is InChI=1S/C19H19F3N4O2/c1-11-5-3-6-12(2)25(11)18(27)14-10-17-23-13(15-7-4-8-28-15)9-16(19(20,21)22)26(17)24-14/h4,7-12H,3,5-6H2,1-2H3/t11-,12-/m0/s1. The second-order valence-corrected chi connectivity index (χ2v) is 7.14.